The number of rotatable bonds is 2. The number of nitrogen functional groups attached to an aromatic ring is 1. The number of nitrogens with zero attached hydrogens (tertiary/aromatic N) is 3. The standard InChI is InChI=1S/C14H22N4O/c1-10(2)17-4-6-18(7-5-17)14(19)12-9-16-11(3)8-13(12)15/h8-10H,4-7H2,1-3H3,(H2,15,16). The van der Waals surface area contributed by atoms with E-state index in [2.05, 4.69) is 23.7 Å². The summed E-state index contributed by atoms with van der Waals surface area (Å²) in [6, 6.07) is 2.28. The van der Waals surface area contributed by atoms with Gasteiger partial charge in [0.15, 0.2) is 0 Å². The van der Waals surface area contributed by atoms with E-state index in [1.807, 2.05) is 11.8 Å². The lowest BCUT2D eigenvalue weighted by molar-refractivity contribution is 0.0596. The van der Waals surface area contributed by atoms with Gasteiger partial charge in [-0.05, 0) is 26.8 Å². The molecular weight excluding hydrogens is 240 g/mol. The van der Waals surface area contributed by atoms with Crippen LogP contribution in [-0.4, -0.2) is 52.9 Å². The van der Waals surface area contributed by atoms with E-state index in [4.69, 9.17) is 5.73 Å². The molecule has 2 N–H and O–H groups in total. The average molecular weight is 262 g/mol. The number of aromatic nitrogens is 1. The third-order valence-corrected chi connectivity index (χ3v) is 3.63. The fourth-order valence-corrected chi connectivity index (χ4v) is 2.37. The van der Waals surface area contributed by atoms with Gasteiger partial charge in [0.1, 0.15) is 0 Å². The molecule has 0 spiro atoms. The highest BCUT2D eigenvalue weighted by Crippen LogP contribution is 2.16. The van der Waals surface area contributed by atoms with Crippen LogP contribution >= 0.6 is 0 Å². The Morgan fingerprint density at radius 2 is 1.95 bits per heavy atom. The molecule has 0 unspecified atom stereocenters. The molecular formula is C14H22N4O. The number of nitrogens with two attached hydrogens (primary N) is 1. The first-order chi connectivity index (χ1) is 8.99. The summed E-state index contributed by atoms with van der Waals surface area (Å²) in [6.07, 6.45) is 1.59. The number of hydrogen-bond donors (Lipinski definition) is 1. The predicted octanol–water partition coefficient (Wildman–Crippen LogP) is 1.14. The molecule has 2 heterocycles. The topological polar surface area (TPSA) is 62.5 Å². The number of hydrogen-bond acceptors (Lipinski definition) is 4. The largest absolute Gasteiger partial charge is 0.398 e. The highest BCUT2D eigenvalue weighted by Gasteiger charge is 2.24. The van der Waals surface area contributed by atoms with Gasteiger partial charge in [0.25, 0.3) is 5.91 Å². The van der Waals surface area contributed by atoms with E-state index in [9.17, 15) is 4.79 Å². The lowest BCUT2D eigenvalue weighted by Crippen LogP contribution is -2.50. The summed E-state index contributed by atoms with van der Waals surface area (Å²) >= 11 is 0. The van der Waals surface area contributed by atoms with Crippen LogP contribution in [0.3, 0.4) is 0 Å². The van der Waals surface area contributed by atoms with Gasteiger partial charge < -0.3 is 10.6 Å². The Labute approximate surface area is 114 Å². The van der Waals surface area contributed by atoms with Gasteiger partial charge in [-0.1, -0.05) is 0 Å². The van der Waals surface area contributed by atoms with Crippen molar-refractivity contribution in [3.8, 4) is 0 Å². The van der Waals surface area contributed by atoms with E-state index < -0.39 is 0 Å². The van der Waals surface area contributed by atoms with Crippen molar-refractivity contribution in [2.45, 2.75) is 26.8 Å². The first-order valence-electron chi connectivity index (χ1n) is 6.74. The van der Waals surface area contributed by atoms with Crippen molar-refractivity contribution in [3.05, 3.63) is 23.5 Å². The Hall–Kier alpha value is -1.62. The van der Waals surface area contributed by atoms with E-state index >= 15 is 0 Å². The third kappa shape index (κ3) is 3.04. The minimum absolute atomic E-state index is 0.00611. The van der Waals surface area contributed by atoms with E-state index in [0.29, 0.717) is 17.3 Å². The fourth-order valence-electron chi connectivity index (χ4n) is 2.37. The van der Waals surface area contributed by atoms with E-state index in [1.165, 1.54) is 0 Å². The Morgan fingerprint density at radius 3 is 2.47 bits per heavy atom. The zero-order chi connectivity index (χ0) is 14.0. The molecule has 1 fully saturated rings. The van der Waals surface area contributed by atoms with Gasteiger partial charge in [0.05, 0.1) is 5.56 Å². The third-order valence-electron chi connectivity index (χ3n) is 3.63. The molecule has 1 aromatic rings. The Kier molecular flexibility index (Phi) is 4.04. The maximum Gasteiger partial charge on any atom is 0.257 e. The van der Waals surface area contributed by atoms with Crippen molar-refractivity contribution in [3.63, 3.8) is 0 Å². The Morgan fingerprint density at radius 1 is 1.32 bits per heavy atom. The molecule has 104 valence electrons. The number of aryl methyl sites for hydroxylation is 1. The molecule has 1 amide bonds. The van der Waals surface area contributed by atoms with Crippen LogP contribution in [0.2, 0.25) is 0 Å². The second-order valence-electron chi connectivity index (χ2n) is 5.33. The lowest BCUT2D eigenvalue weighted by atomic mass is 10.1. The monoisotopic (exact) mass is 262 g/mol. The van der Waals surface area contributed by atoms with Crippen molar-refractivity contribution in [1.29, 1.82) is 0 Å². The molecule has 5 nitrogen and oxygen atoms in total. The van der Waals surface area contributed by atoms with Crippen LogP contribution in [0.4, 0.5) is 5.69 Å². The Bertz CT molecular complexity index is 465. The molecule has 0 radical (unpaired) electrons. The summed E-state index contributed by atoms with van der Waals surface area (Å²) < 4.78 is 0. The number of piperazine rings is 1. The quantitative estimate of drug-likeness (QED) is 0.868. The van der Waals surface area contributed by atoms with Crippen LogP contribution in [0.1, 0.15) is 29.9 Å². The molecule has 0 aliphatic carbocycles. The van der Waals surface area contributed by atoms with Gasteiger partial charge in [-0.25, -0.2) is 0 Å². The molecule has 1 aliphatic rings. The van der Waals surface area contributed by atoms with Gasteiger partial charge in [0.2, 0.25) is 0 Å². The minimum Gasteiger partial charge on any atom is -0.398 e. The van der Waals surface area contributed by atoms with Crippen LogP contribution in [0.25, 0.3) is 0 Å². The van der Waals surface area contributed by atoms with E-state index in [0.717, 1.165) is 31.9 Å². The van der Waals surface area contributed by atoms with Gasteiger partial charge in [-0.15, -0.1) is 0 Å². The molecule has 0 aromatic carbocycles. The van der Waals surface area contributed by atoms with E-state index in [1.54, 1.807) is 12.3 Å². The maximum atomic E-state index is 12.4. The summed E-state index contributed by atoms with van der Waals surface area (Å²) in [7, 11) is 0. The summed E-state index contributed by atoms with van der Waals surface area (Å²) in [5, 5.41) is 0. The van der Waals surface area contributed by atoms with Crippen molar-refractivity contribution in [2.24, 2.45) is 0 Å². The number of carbonyl (C=O) groups excluding carboxylic acids is 1. The van der Waals surface area contributed by atoms with Crippen molar-refractivity contribution in [1.82, 2.24) is 14.8 Å². The zero-order valence-electron chi connectivity index (χ0n) is 11.9. The molecule has 1 saturated heterocycles. The maximum absolute atomic E-state index is 12.4. The van der Waals surface area contributed by atoms with E-state index in [-0.39, 0.29) is 5.91 Å². The molecule has 5 heteroatoms. The van der Waals surface area contributed by atoms with Crippen LogP contribution in [-0.2, 0) is 0 Å². The van der Waals surface area contributed by atoms with Crippen LogP contribution in [0.5, 0.6) is 0 Å². The molecule has 19 heavy (non-hydrogen) atoms. The lowest BCUT2D eigenvalue weighted by Gasteiger charge is -2.37. The number of amides is 1. The second-order valence-corrected chi connectivity index (χ2v) is 5.33. The zero-order valence-corrected chi connectivity index (χ0v) is 11.9. The van der Waals surface area contributed by atoms with Gasteiger partial charge in [-0.2, -0.15) is 0 Å². The summed E-state index contributed by atoms with van der Waals surface area (Å²) in [5.41, 5.74) is 7.77. The normalized spacial score (nSPS) is 16.9. The fraction of sp³-hybridized carbons (Fsp3) is 0.571. The van der Waals surface area contributed by atoms with Crippen LogP contribution in [0, 0.1) is 6.92 Å². The number of carbonyl (C=O) groups is 1. The SMILES string of the molecule is Cc1cc(N)c(C(=O)N2CCN(C(C)C)CC2)cn1. The summed E-state index contributed by atoms with van der Waals surface area (Å²) in [5.74, 6) is -0.00611. The highest BCUT2D eigenvalue weighted by atomic mass is 16.2. The Balaban J connectivity index is 2.05. The summed E-state index contributed by atoms with van der Waals surface area (Å²) in [4.78, 5) is 20.8. The van der Waals surface area contributed by atoms with Crippen molar-refractivity contribution < 1.29 is 4.79 Å². The van der Waals surface area contributed by atoms with Gasteiger partial charge >= 0.3 is 0 Å². The summed E-state index contributed by atoms with van der Waals surface area (Å²) in [6.45, 7) is 9.57. The van der Waals surface area contributed by atoms with Crippen molar-refractivity contribution >= 4 is 11.6 Å². The second kappa shape index (κ2) is 5.57. The first kappa shape index (κ1) is 13.8. The highest BCUT2D eigenvalue weighted by molar-refractivity contribution is 5.98. The van der Waals surface area contributed by atoms with Crippen LogP contribution in [0.15, 0.2) is 12.3 Å². The minimum atomic E-state index is -0.00611. The predicted molar refractivity (Wildman–Crippen MR) is 76.0 cm³/mol. The first-order valence-corrected chi connectivity index (χ1v) is 6.74. The molecule has 0 bridgehead atoms. The average Bonchev–Trinajstić information content (AvgIpc) is 2.38. The number of anilines is 1. The van der Waals surface area contributed by atoms with Gasteiger partial charge in [-0.3, -0.25) is 14.7 Å². The molecule has 0 atom stereocenters. The van der Waals surface area contributed by atoms with Gasteiger partial charge in [0, 0.05) is 49.8 Å². The van der Waals surface area contributed by atoms with Crippen LogP contribution < -0.4 is 5.73 Å². The van der Waals surface area contributed by atoms with Crippen molar-refractivity contribution in [2.75, 3.05) is 31.9 Å². The molecule has 1 aromatic heterocycles. The smallest absolute Gasteiger partial charge is 0.257 e. The number of pyridine rings is 1. The molecule has 1 aliphatic heterocycles. The molecule has 2 rings (SSSR count). The molecule has 0 saturated carbocycles.